The number of amides is 1. The monoisotopic (exact) mass is 313 g/mol. The second kappa shape index (κ2) is 6.60. The number of rotatable bonds is 2. The number of alkyl carbamates (subject to hydrolysis) is 1. The molecule has 1 aliphatic heterocycles. The molecule has 2 atom stereocenters. The van der Waals surface area contributed by atoms with Gasteiger partial charge in [-0.2, -0.15) is 0 Å². The molecule has 1 aromatic carbocycles. The van der Waals surface area contributed by atoms with E-state index in [4.69, 9.17) is 9.47 Å². The van der Waals surface area contributed by atoms with Crippen molar-refractivity contribution in [3.63, 3.8) is 0 Å². The first-order valence-electron chi connectivity index (χ1n) is 7.32. The Hall–Kier alpha value is -1.69. The molecule has 1 fully saturated rings. The van der Waals surface area contributed by atoms with E-state index in [1.54, 1.807) is 20.8 Å². The summed E-state index contributed by atoms with van der Waals surface area (Å²) in [4.78, 5) is 11.9. The van der Waals surface area contributed by atoms with Crippen LogP contribution >= 0.6 is 0 Å². The van der Waals surface area contributed by atoms with Gasteiger partial charge in [0, 0.05) is 12.2 Å². The molecule has 0 bridgehead atoms. The lowest BCUT2D eigenvalue weighted by Gasteiger charge is -2.33. The quantitative estimate of drug-likeness (QED) is 0.905. The van der Waals surface area contributed by atoms with Crippen LogP contribution in [-0.2, 0) is 9.47 Å². The number of benzene rings is 1. The van der Waals surface area contributed by atoms with Gasteiger partial charge < -0.3 is 14.8 Å². The van der Waals surface area contributed by atoms with Gasteiger partial charge in [0.05, 0.1) is 6.04 Å². The van der Waals surface area contributed by atoms with Crippen molar-refractivity contribution in [1.29, 1.82) is 0 Å². The van der Waals surface area contributed by atoms with Crippen molar-refractivity contribution in [1.82, 2.24) is 5.32 Å². The SMILES string of the molecule is CC(C)(C)OC(=O)N[C@H]1CCCO[C@@H]1c1cc(F)ccc1F. The Balaban J connectivity index is 2.14. The first kappa shape index (κ1) is 16.7. The molecule has 0 spiro atoms. The topological polar surface area (TPSA) is 47.6 Å². The predicted molar refractivity (Wildman–Crippen MR) is 77.4 cm³/mol. The maximum atomic E-state index is 13.9. The number of ether oxygens (including phenoxy) is 2. The van der Waals surface area contributed by atoms with E-state index in [1.807, 2.05) is 0 Å². The molecule has 1 heterocycles. The van der Waals surface area contributed by atoms with Crippen LogP contribution in [0, 0.1) is 11.6 Å². The first-order chi connectivity index (χ1) is 10.3. The van der Waals surface area contributed by atoms with Gasteiger partial charge in [-0.3, -0.25) is 0 Å². The van der Waals surface area contributed by atoms with E-state index < -0.39 is 35.5 Å². The minimum Gasteiger partial charge on any atom is -0.444 e. The summed E-state index contributed by atoms with van der Waals surface area (Å²) in [5.41, 5.74) is -0.514. The third-order valence-electron chi connectivity index (χ3n) is 3.29. The third kappa shape index (κ3) is 4.40. The Labute approximate surface area is 128 Å². The maximum Gasteiger partial charge on any atom is 0.407 e. The van der Waals surface area contributed by atoms with E-state index in [0.29, 0.717) is 13.0 Å². The lowest BCUT2D eigenvalue weighted by Crippen LogP contribution is -2.45. The van der Waals surface area contributed by atoms with Crippen molar-refractivity contribution >= 4 is 6.09 Å². The highest BCUT2D eigenvalue weighted by atomic mass is 19.1. The van der Waals surface area contributed by atoms with Crippen LogP contribution in [0.25, 0.3) is 0 Å². The van der Waals surface area contributed by atoms with Gasteiger partial charge in [-0.25, -0.2) is 13.6 Å². The summed E-state index contributed by atoms with van der Waals surface area (Å²) < 4.78 is 38.1. The highest BCUT2D eigenvalue weighted by Gasteiger charge is 2.32. The van der Waals surface area contributed by atoms with Crippen molar-refractivity contribution in [3.8, 4) is 0 Å². The van der Waals surface area contributed by atoms with Gasteiger partial charge in [0.1, 0.15) is 23.3 Å². The van der Waals surface area contributed by atoms with Crippen molar-refractivity contribution in [2.75, 3.05) is 6.61 Å². The van der Waals surface area contributed by atoms with E-state index in [2.05, 4.69) is 5.32 Å². The van der Waals surface area contributed by atoms with E-state index in [1.165, 1.54) is 0 Å². The van der Waals surface area contributed by atoms with E-state index in [0.717, 1.165) is 24.6 Å². The number of hydrogen-bond acceptors (Lipinski definition) is 3. The summed E-state index contributed by atoms with van der Waals surface area (Å²) in [5.74, 6) is -1.09. The molecule has 0 unspecified atom stereocenters. The molecule has 0 saturated carbocycles. The highest BCUT2D eigenvalue weighted by molar-refractivity contribution is 5.68. The molecule has 1 aliphatic rings. The molecule has 6 heteroatoms. The highest BCUT2D eigenvalue weighted by Crippen LogP contribution is 2.31. The van der Waals surface area contributed by atoms with Crippen LogP contribution in [0.1, 0.15) is 45.3 Å². The molecule has 22 heavy (non-hydrogen) atoms. The van der Waals surface area contributed by atoms with E-state index in [-0.39, 0.29) is 5.56 Å². The minimum absolute atomic E-state index is 0.112. The Kier molecular flexibility index (Phi) is 5.01. The van der Waals surface area contributed by atoms with E-state index in [9.17, 15) is 13.6 Å². The Morgan fingerprint density at radius 1 is 1.36 bits per heavy atom. The molecule has 4 nitrogen and oxygen atoms in total. The average molecular weight is 313 g/mol. The molecule has 2 rings (SSSR count). The van der Waals surface area contributed by atoms with Gasteiger partial charge in [0.25, 0.3) is 0 Å². The van der Waals surface area contributed by atoms with Crippen LogP contribution < -0.4 is 5.32 Å². The molecule has 1 saturated heterocycles. The van der Waals surface area contributed by atoms with Gasteiger partial charge in [-0.05, 0) is 51.8 Å². The molecule has 122 valence electrons. The lowest BCUT2D eigenvalue weighted by molar-refractivity contribution is -0.0181. The number of halogens is 2. The molecule has 0 radical (unpaired) electrons. The normalized spacial score (nSPS) is 22.2. The fourth-order valence-corrected chi connectivity index (χ4v) is 2.43. The Bertz CT molecular complexity index is 543. The van der Waals surface area contributed by atoms with Crippen molar-refractivity contribution < 1.29 is 23.0 Å². The van der Waals surface area contributed by atoms with Crippen LogP contribution in [0.5, 0.6) is 0 Å². The van der Waals surface area contributed by atoms with Crippen molar-refractivity contribution in [3.05, 3.63) is 35.4 Å². The van der Waals surface area contributed by atoms with Gasteiger partial charge in [0.2, 0.25) is 0 Å². The van der Waals surface area contributed by atoms with Crippen LogP contribution in [-0.4, -0.2) is 24.3 Å². The fraction of sp³-hybridized carbons (Fsp3) is 0.562. The van der Waals surface area contributed by atoms with Gasteiger partial charge in [0.15, 0.2) is 0 Å². The zero-order valence-corrected chi connectivity index (χ0v) is 13.0. The third-order valence-corrected chi connectivity index (χ3v) is 3.29. The first-order valence-corrected chi connectivity index (χ1v) is 7.32. The molecule has 1 amide bonds. The van der Waals surface area contributed by atoms with E-state index >= 15 is 0 Å². The van der Waals surface area contributed by atoms with Crippen LogP contribution in [0.15, 0.2) is 18.2 Å². The van der Waals surface area contributed by atoms with Crippen molar-refractivity contribution in [2.45, 2.75) is 51.4 Å². The van der Waals surface area contributed by atoms with Crippen LogP contribution in [0.4, 0.5) is 13.6 Å². The summed E-state index contributed by atoms with van der Waals surface area (Å²) >= 11 is 0. The Morgan fingerprint density at radius 3 is 2.77 bits per heavy atom. The summed E-state index contributed by atoms with van der Waals surface area (Å²) in [5, 5.41) is 2.70. The number of carbonyl (C=O) groups excluding carboxylic acids is 1. The van der Waals surface area contributed by atoms with Crippen LogP contribution in [0.2, 0.25) is 0 Å². The second-order valence-corrected chi connectivity index (χ2v) is 6.35. The van der Waals surface area contributed by atoms with Gasteiger partial charge in [-0.1, -0.05) is 0 Å². The Morgan fingerprint density at radius 2 is 2.09 bits per heavy atom. The zero-order chi connectivity index (χ0) is 16.3. The van der Waals surface area contributed by atoms with Gasteiger partial charge >= 0.3 is 6.09 Å². The molecular weight excluding hydrogens is 292 g/mol. The summed E-state index contributed by atoms with van der Waals surface area (Å²) in [6.45, 7) is 5.71. The smallest absolute Gasteiger partial charge is 0.407 e. The van der Waals surface area contributed by atoms with Crippen LogP contribution in [0.3, 0.4) is 0 Å². The molecule has 1 N–H and O–H groups in total. The average Bonchev–Trinajstić information content (AvgIpc) is 2.40. The molecule has 0 aliphatic carbocycles. The zero-order valence-electron chi connectivity index (χ0n) is 13.0. The number of carbonyl (C=O) groups is 1. The fourth-order valence-electron chi connectivity index (χ4n) is 2.43. The lowest BCUT2D eigenvalue weighted by atomic mass is 9.95. The number of nitrogens with one attached hydrogen (secondary N) is 1. The van der Waals surface area contributed by atoms with Crippen molar-refractivity contribution in [2.24, 2.45) is 0 Å². The second-order valence-electron chi connectivity index (χ2n) is 6.35. The predicted octanol–water partition coefficient (Wildman–Crippen LogP) is 3.71. The summed E-state index contributed by atoms with van der Waals surface area (Å²) in [6.07, 6.45) is 0.0232. The largest absolute Gasteiger partial charge is 0.444 e. The minimum atomic E-state index is -0.725. The standard InChI is InChI=1S/C16H21F2NO3/c1-16(2,3)22-15(20)19-13-5-4-8-21-14(13)11-9-10(17)6-7-12(11)18/h6-7,9,13-14H,4-5,8H2,1-3H3,(H,19,20)/t13-,14+/m0/s1. The maximum absolute atomic E-state index is 13.9. The molecule has 0 aromatic heterocycles. The molecule has 1 aromatic rings. The molecular formula is C16H21F2NO3. The van der Waals surface area contributed by atoms with Gasteiger partial charge in [-0.15, -0.1) is 0 Å². The summed E-state index contributed by atoms with van der Waals surface area (Å²) in [6, 6.07) is 2.76. The number of hydrogen-bond donors (Lipinski definition) is 1. The summed E-state index contributed by atoms with van der Waals surface area (Å²) in [7, 11) is 0.